The number of ether oxygens (including phenoxy) is 1. The number of amides is 1. The normalized spacial score (nSPS) is 10.9. The lowest BCUT2D eigenvalue weighted by atomic mass is 10.2. The second kappa shape index (κ2) is 7.53. The second-order valence-corrected chi connectivity index (χ2v) is 6.24. The van der Waals surface area contributed by atoms with Gasteiger partial charge in [-0.05, 0) is 30.7 Å². The summed E-state index contributed by atoms with van der Waals surface area (Å²) in [6.45, 7) is 2.92. The Hall–Kier alpha value is -3.29. The first-order valence-corrected chi connectivity index (χ1v) is 8.65. The van der Waals surface area contributed by atoms with E-state index in [1.54, 1.807) is 23.9 Å². The zero-order valence-corrected chi connectivity index (χ0v) is 15.6. The van der Waals surface area contributed by atoms with Crippen molar-refractivity contribution in [3.05, 3.63) is 62.9 Å². The SMILES string of the molecule is CCOc1ccc(CNC(=O)Cn2ccc3c(=O)n(C)c(=O)n(C)c32)cc1. The fourth-order valence-electron chi connectivity index (χ4n) is 3.00. The van der Waals surface area contributed by atoms with E-state index in [0.717, 1.165) is 15.9 Å². The van der Waals surface area contributed by atoms with Crippen LogP contribution < -0.4 is 21.3 Å². The molecule has 1 amide bonds. The molecule has 1 N–H and O–H groups in total. The number of nitrogens with zero attached hydrogens (tertiary/aromatic N) is 3. The van der Waals surface area contributed by atoms with E-state index in [4.69, 9.17) is 4.74 Å². The van der Waals surface area contributed by atoms with Gasteiger partial charge in [0, 0.05) is 26.8 Å². The van der Waals surface area contributed by atoms with Gasteiger partial charge in [0.1, 0.15) is 17.9 Å². The van der Waals surface area contributed by atoms with Gasteiger partial charge in [-0.15, -0.1) is 0 Å². The molecule has 2 heterocycles. The number of benzene rings is 1. The average Bonchev–Trinajstić information content (AvgIpc) is 3.08. The summed E-state index contributed by atoms with van der Waals surface area (Å²) >= 11 is 0. The zero-order chi connectivity index (χ0) is 19.6. The molecule has 0 saturated heterocycles. The van der Waals surface area contributed by atoms with Gasteiger partial charge in [-0.1, -0.05) is 12.1 Å². The molecule has 27 heavy (non-hydrogen) atoms. The van der Waals surface area contributed by atoms with Crippen LogP contribution in [0.4, 0.5) is 0 Å². The molecule has 3 aromatic rings. The van der Waals surface area contributed by atoms with E-state index >= 15 is 0 Å². The highest BCUT2D eigenvalue weighted by molar-refractivity contribution is 5.80. The number of carbonyl (C=O) groups excluding carboxylic acids is 1. The van der Waals surface area contributed by atoms with Crippen molar-refractivity contribution < 1.29 is 9.53 Å². The highest BCUT2D eigenvalue weighted by Gasteiger charge is 2.14. The molecule has 8 heteroatoms. The monoisotopic (exact) mass is 370 g/mol. The highest BCUT2D eigenvalue weighted by atomic mass is 16.5. The molecular weight excluding hydrogens is 348 g/mol. The molecule has 0 atom stereocenters. The molecule has 0 unspecified atom stereocenters. The molecule has 0 radical (unpaired) electrons. The maximum atomic E-state index is 12.3. The summed E-state index contributed by atoms with van der Waals surface area (Å²) < 4.78 is 9.42. The standard InChI is InChI=1S/C19H22N4O4/c1-4-27-14-7-5-13(6-8-14)11-20-16(24)12-23-10-9-15-17(23)21(2)19(26)22(3)18(15)25/h5-10H,4,11-12H2,1-3H3,(H,20,24). The molecular formula is C19H22N4O4. The average molecular weight is 370 g/mol. The van der Waals surface area contributed by atoms with Gasteiger partial charge < -0.3 is 14.6 Å². The Morgan fingerprint density at radius 1 is 1.07 bits per heavy atom. The van der Waals surface area contributed by atoms with Gasteiger partial charge in [-0.3, -0.25) is 18.7 Å². The van der Waals surface area contributed by atoms with Gasteiger partial charge in [0.15, 0.2) is 0 Å². The molecule has 1 aromatic carbocycles. The number of carbonyl (C=O) groups is 1. The number of fused-ring (bicyclic) bond motifs is 1. The molecule has 0 saturated carbocycles. The Morgan fingerprint density at radius 3 is 2.44 bits per heavy atom. The molecule has 0 fully saturated rings. The number of rotatable bonds is 6. The van der Waals surface area contributed by atoms with E-state index in [2.05, 4.69) is 5.32 Å². The molecule has 0 aliphatic heterocycles. The third kappa shape index (κ3) is 3.64. The maximum absolute atomic E-state index is 12.3. The van der Waals surface area contributed by atoms with Crippen LogP contribution >= 0.6 is 0 Å². The smallest absolute Gasteiger partial charge is 0.332 e. The minimum atomic E-state index is -0.428. The van der Waals surface area contributed by atoms with Crippen molar-refractivity contribution >= 4 is 16.9 Å². The molecule has 0 aliphatic carbocycles. The Morgan fingerprint density at radius 2 is 1.78 bits per heavy atom. The van der Waals surface area contributed by atoms with Crippen molar-refractivity contribution in [3.63, 3.8) is 0 Å². The molecule has 3 rings (SSSR count). The first kappa shape index (κ1) is 18.5. The van der Waals surface area contributed by atoms with Crippen molar-refractivity contribution in [2.45, 2.75) is 20.0 Å². The largest absolute Gasteiger partial charge is 0.494 e. The van der Waals surface area contributed by atoms with Crippen LogP contribution in [0.15, 0.2) is 46.1 Å². The van der Waals surface area contributed by atoms with Gasteiger partial charge in [0.05, 0.1) is 12.0 Å². The predicted octanol–water partition coefficient (Wildman–Crippen LogP) is 0.754. The number of aromatic nitrogens is 3. The van der Waals surface area contributed by atoms with Gasteiger partial charge in [0.2, 0.25) is 5.91 Å². The summed E-state index contributed by atoms with van der Waals surface area (Å²) in [5, 5.41) is 3.24. The quantitative estimate of drug-likeness (QED) is 0.694. The van der Waals surface area contributed by atoms with Crippen molar-refractivity contribution in [1.29, 1.82) is 0 Å². The Labute approximate surface area is 155 Å². The predicted molar refractivity (Wildman–Crippen MR) is 102 cm³/mol. The summed E-state index contributed by atoms with van der Waals surface area (Å²) in [6.07, 6.45) is 1.64. The van der Waals surface area contributed by atoms with E-state index in [0.29, 0.717) is 24.2 Å². The van der Waals surface area contributed by atoms with Gasteiger partial charge in [0.25, 0.3) is 5.56 Å². The summed E-state index contributed by atoms with van der Waals surface area (Å²) in [7, 11) is 3.02. The summed E-state index contributed by atoms with van der Waals surface area (Å²) in [5.74, 6) is 0.573. The lowest BCUT2D eigenvalue weighted by Gasteiger charge is -2.11. The Kier molecular flexibility index (Phi) is 5.16. The minimum Gasteiger partial charge on any atom is -0.494 e. The lowest BCUT2D eigenvalue weighted by Crippen LogP contribution is -2.37. The van der Waals surface area contributed by atoms with E-state index in [9.17, 15) is 14.4 Å². The Balaban J connectivity index is 1.73. The molecule has 0 bridgehead atoms. The van der Waals surface area contributed by atoms with Crippen LogP contribution in [0.2, 0.25) is 0 Å². The van der Waals surface area contributed by atoms with Crippen LogP contribution in [0.5, 0.6) is 5.75 Å². The molecule has 142 valence electrons. The van der Waals surface area contributed by atoms with E-state index in [1.165, 1.54) is 11.6 Å². The Bertz CT molecular complexity index is 1090. The minimum absolute atomic E-state index is 0.0149. The fraction of sp³-hybridized carbons (Fsp3) is 0.316. The van der Waals surface area contributed by atoms with E-state index in [-0.39, 0.29) is 18.0 Å². The molecule has 0 spiro atoms. The lowest BCUT2D eigenvalue weighted by molar-refractivity contribution is -0.121. The zero-order valence-electron chi connectivity index (χ0n) is 15.6. The first-order valence-electron chi connectivity index (χ1n) is 8.65. The summed E-state index contributed by atoms with van der Waals surface area (Å²) in [5.41, 5.74) is 0.577. The van der Waals surface area contributed by atoms with Crippen molar-refractivity contribution in [2.24, 2.45) is 14.1 Å². The van der Waals surface area contributed by atoms with E-state index < -0.39 is 5.69 Å². The van der Waals surface area contributed by atoms with Gasteiger partial charge in [-0.25, -0.2) is 4.79 Å². The van der Waals surface area contributed by atoms with Crippen LogP contribution in [0.1, 0.15) is 12.5 Å². The van der Waals surface area contributed by atoms with Crippen LogP contribution in [-0.2, 0) is 32.0 Å². The topological polar surface area (TPSA) is 87.3 Å². The maximum Gasteiger partial charge on any atom is 0.332 e. The van der Waals surface area contributed by atoms with E-state index in [1.807, 2.05) is 31.2 Å². The number of aryl methyl sites for hydroxylation is 1. The fourth-order valence-corrected chi connectivity index (χ4v) is 3.00. The summed E-state index contributed by atoms with van der Waals surface area (Å²) in [4.78, 5) is 36.7. The number of hydrogen-bond acceptors (Lipinski definition) is 4. The number of nitrogens with one attached hydrogen (secondary N) is 1. The van der Waals surface area contributed by atoms with Gasteiger partial charge in [-0.2, -0.15) is 0 Å². The second-order valence-electron chi connectivity index (χ2n) is 6.24. The van der Waals surface area contributed by atoms with Crippen LogP contribution in [0.3, 0.4) is 0 Å². The molecule has 8 nitrogen and oxygen atoms in total. The third-order valence-electron chi connectivity index (χ3n) is 4.40. The molecule has 0 aliphatic rings. The van der Waals surface area contributed by atoms with Crippen molar-refractivity contribution in [1.82, 2.24) is 19.0 Å². The van der Waals surface area contributed by atoms with Crippen LogP contribution in [0, 0.1) is 0 Å². The molecule has 2 aromatic heterocycles. The van der Waals surface area contributed by atoms with Gasteiger partial charge >= 0.3 is 5.69 Å². The third-order valence-corrected chi connectivity index (χ3v) is 4.40. The van der Waals surface area contributed by atoms with Crippen LogP contribution in [-0.4, -0.2) is 26.2 Å². The first-order chi connectivity index (χ1) is 12.9. The highest BCUT2D eigenvalue weighted by Crippen LogP contribution is 2.12. The summed E-state index contributed by atoms with van der Waals surface area (Å²) in [6, 6.07) is 9.12. The number of hydrogen-bond donors (Lipinski definition) is 1. The van der Waals surface area contributed by atoms with Crippen LogP contribution in [0.25, 0.3) is 11.0 Å². The van der Waals surface area contributed by atoms with Crippen molar-refractivity contribution in [3.8, 4) is 5.75 Å². The van der Waals surface area contributed by atoms with Crippen molar-refractivity contribution in [2.75, 3.05) is 6.61 Å².